The molecule has 8 heteroatoms. The van der Waals surface area contributed by atoms with Crippen molar-refractivity contribution in [3.63, 3.8) is 0 Å². The average Bonchev–Trinajstić information content (AvgIpc) is 3.10. The van der Waals surface area contributed by atoms with Crippen LogP contribution in [0.5, 0.6) is 0 Å². The highest BCUT2D eigenvalue weighted by Gasteiger charge is 2.19. The zero-order valence-electron chi connectivity index (χ0n) is 17.5. The van der Waals surface area contributed by atoms with E-state index in [1.165, 1.54) is 11.8 Å². The summed E-state index contributed by atoms with van der Waals surface area (Å²) in [6, 6.07) is 14.6. The van der Waals surface area contributed by atoms with Crippen LogP contribution in [0.15, 0.2) is 53.7 Å². The molecule has 30 heavy (non-hydrogen) atoms. The van der Waals surface area contributed by atoms with Gasteiger partial charge in [0.15, 0.2) is 11.0 Å². The SMILES string of the molecule is Cc1cccc(C)c1NC(=O)CSc1nnc([C@H](C)NC(=O)c2ccccc2)n1C. The highest BCUT2D eigenvalue weighted by molar-refractivity contribution is 7.99. The van der Waals surface area contributed by atoms with Gasteiger partial charge in [-0.1, -0.05) is 48.2 Å². The van der Waals surface area contributed by atoms with Gasteiger partial charge in [0.1, 0.15) is 0 Å². The molecule has 0 unspecified atom stereocenters. The maximum Gasteiger partial charge on any atom is 0.251 e. The van der Waals surface area contributed by atoms with Crippen molar-refractivity contribution in [1.82, 2.24) is 20.1 Å². The molecule has 0 bridgehead atoms. The van der Waals surface area contributed by atoms with E-state index in [1.54, 1.807) is 16.7 Å². The van der Waals surface area contributed by atoms with Crippen molar-refractivity contribution >= 4 is 29.3 Å². The minimum atomic E-state index is -0.326. The first-order valence-electron chi connectivity index (χ1n) is 9.61. The number of aryl methyl sites for hydroxylation is 2. The zero-order chi connectivity index (χ0) is 21.7. The van der Waals surface area contributed by atoms with Gasteiger partial charge in [-0.15, -0.1) is 10.2 Å². The molecular formula is C22H25N5O2S. The highest BCUT2D eigenvalue weighted by atomic mass is 32.2. The number of anilines is 1. The molecule has 1 atom stereocenters. The van der Waals surface area contributed by atoms with Gasteiger partial charge < -0.3 is 15.2 Å². The van der Waals surface area contributed by atoms with E-state index in [2.05, 4.69) is 20.8 Å². The van der Waals surface area contributed by atoms with Crippen LogP contribution in [-0.2, 0) is 11.8 Å². The lowest BCUT2D eigenvalue weighted by Crippen LogP contribution is -2.28. The van der Waals surface area contributed by atoms with Crippen LogP contribution in [0.3, 0.4) is 0 Å². The molecule has 2 aromatic carbocycles. The summed E-state index contributed by atoms with van der Waals surface area (Å²) in [5, 5.41) is 14.9. The van der Waals surface area contributed by atoms with E-state index < -0.39 is 0 Å². The Morgan fingerprint density at radius 1 is 1.03 bits per heavy atom. The first-order valence-corrected chi connectivity index (χ1v) is 10.6. The summed E-state index contributed by atoms with van der Waals surface area (Å²) >= 11 is 1.30. The minimum Gasteiger partial charge on any atom is -0.342 e. The van der Waals surface area contributed by atoms with E-state index in [0.29, 0.717) is 16.5 Å². The van der Waals surface area contributed by atoms with Gasteiger partial charge in [0, 0.05) is 18.3 Å². The van der Waals surface area contributed by atoms with E-state index in [0.717, 1.165) is 16.8 Å². The maximum absolute atomic E-state index is 12.4. The summed E-state index contributed by atoms with van der Waals surface area (Å²) < 4.78 is 1.80. The summed E-state index contributed by atoms with van der Waals surface area (Å²) in [6.45, 7) is 5.79. The fourth-order valence-electron chi connectivity index (χ4n) is 3.08. The second kappa shape index (κ2) is 9.58. The van der Waals surface area contributed by atoms with Gasteiger partial charge in [-0.05, 0) is 44.0 Å². The quantitative estimate of drug-likeness (QED) is 0.566. The van der Waals surface area contributed by atoms with Gasteiger partial charge in [-0.3, -0.25) is 9.59 Å². The zero-order valence-corrected chi connectivity index (χ0v) is 18.3. The van der Waals surface area contributed by atoms with E-state index in [4.69, 9.17) is 0 Å². The molecule has 2 amide bonds. The Hall–Kier alpha value is -3.13. The molecule has 0 aliphatic heterocycles. The summed E-state index contributed by atoms with van der Waals surface area (Å²) in [5.74, 6) is 0.558. The molecular weight excluding hydrogens is 398 g/mol. The molecule has 1 aromatic heterocycles. The van der Waals surface area contributed by atoms with Crippen LogP contribution in [0.4, 0.5) is 5.69 Å². The number of amides is 2. The smallest absolute Gasteiger partial charge is 0.251 e. The second-order valence-corrected chi connectivity index (χ2v) is 8.01. The number of nitrogens with zero attached hydrogens (tertiary/aromatic N) is 3. The molecule has 7 nitrogen and oxygen atoms in total. The molecule has 156 valence electrons. The van der Waals surface area contributed by atoms with Crippen molar-refractivity contribution in [2.75, 3.05) is 11.1 Å². The van der Waals surface area contributed by atoms with Gasteiger partial charge in [0.25, 0.3) is 5.91 Å². The van der Waals surface area contributed by atoms with Gasteiger partial charge in [-0.2, -0.15) is 0 Å². The third kappa shape index (κ3) is 5.07. The van der Waals surface area contributed by atoms with Crippen LogP contribution in [-0.4, -0.2) is 32.3 Å². The van der Waals surface area contributed by atoms with E-state index in [-0.39, 0.29) is 23.6 Å². The first kappa shape index (κ1) is 21.6. The number of hydrogen-bond acceptors (Lipinski definition) is 5. The van der Waals surface area contributed by atoms with E-state index >= 15 is 0 Å². The Balaban J connectivity index is 1.59. The average molecular weight is 424 g/mol. The number of aromatic nitrogens is 3. The lowest BCUT2D eigenvalue weighted by molar-refractivity contribution is -0.113. The van der Waals surface area contributed by atoms with Crippen molar-refractivity contribution in [3.8, 4) is 0 Å². The number of nitrogens with one attached hydrogen (secondary N) is 2. The molecule has 0 aliphatic rings. The Bertz CT molecular complexity index is 1030. The van der Waals surface area contributed by atoms with Crippen LogP contribution < -0.4 is 10.6 Å². The van der Waals surface area contributed by atoms with E-state index in [1.807, 2.05) is 64.2 Å². The molecule has 0 radical (unpaired) electrons. The number of thioether (sulfide) groups is 1. The third-order valence-electron chi connectivity index (χ3n) is 4.72. The van der Waals surface area contributed by atoms with Crippen molar-refractivity contribution < 1.29 is 9.59 Å². The molecule has 3 rings (SSSR count). The Morgan fingerprint density at radius 2 is 1.70 bits per heavy atom. The van der Waals surface area contributed by atoms with Crippen LogP contribution in [0, 0.1) is 13.8 Å². The lowest BCUT2D eigenvalue weighted by Gasteiger charge is -2.14. The third-order valence-corrected chi connectivity index (χ3v) is 5.74. The maximum atomic E-state index is 12.4. The normalized spacial score (nSPS) is 11.7. The molecule has 2 N–H and O–H groups in total. The van der Waals surface area contributed by atoms with Crippen molar-refractivity contribution in [3.05, 3.63) is 71.0 Å². The minimum absolute atomic E-state index is 0.104. The van der Waals surface area contributed by atoms with Crippen LogP contribution in [0.2, 0.25) is 0 Å². The summed E-state index contributed by atoms with van der Waals surface area (Å²) in [7, 11) is 1.83. The lowest BCUT2D eigenvalue weighted by atomic mass is 10.1. The molecule has 0 spiro atoms. The van der Waals surface area contributed by atoms with Gasteiger partial charge in [0.2, 0.25) is 5.91 Å². The Morgan fingerprint density at radius 3 is 2.37 bits per heavy atom. The monoisotopic (exact) mass is 423 g/mol. The van der Waals surface area contributed by atoms with Crippen molar-refractivity contribution in [2.45, 2.75) is 32.0 Å². The number of hydrogen-bond donors (Lipinski definition) is 2. The highest BCUT2D eigenvalue weighted by Crippen LogP contribution is 2.22. The molecule has 1 heterocycles. The predicted molar refractivity (Wildman–Crippen MR) is 119 cm³/mol. The standard InChI is InChI=1S/C22H25N5O2S/c1-14-9-8-10-15(2)19(14)24-18(28)13-30-22-26-25-20(27(22)4)16(3)23-21(29)17-11-6-5-7-12-17/h5-12,16H,13H2,1-4H3,(H,23,29)(H,24,28)/t16-/m0/s1. The molecule has 0 aliphatic carbocycles. The topological polar surface area (TPSA) is 88.9 Å². The molecule has 0 saturated heterocycles. The second-order valence-electron chi connectivity index (χ2n) is 7.06. The largest absolute Gasteiger partial charge is 0.342 e. The van der Waals surface area contributed by atoms with Crippen molar-refractivity contribution in [1.29, 1.82) is 0 Å². The summed E-state index contributed by atoms with van der Waals surface area (Å²) in [5.41, 5.74) is 3.48. The van der Waals surface area contributed by atoms with Gasteiger partial charge in [0.05, 0.1) is 11.8 Å². The van der Waals surface area contributed by atoms with Crippen LogP contribution in [0.1, 0.15) is 40.3 Å². The summed E-state index contributed by atoms with van der Waals surface area (Å²) in [6.07, 6.45) is 0. The number of rotatable bonds is 7. The van der Waals surface area contributed by atoms with Gasteiger partial charge >= 0.3 is 0 Å². The Labute approximate surface area is 180 Å². The fourth-order valence-corrected chi connectivity index (χ4v) is 3.80. The van der Waals surface area contributed by atoms with Crippen LogP contribution >= 0.6 is 11.8 Å². The summed E-state index contributed by atoms with van der Waals surface area (Å²) in [4.78, 5) is 24.8. The molecule has 0 saturated carbocycles. The molecule has 0 fully saturated rings. The molecule has 3 aromatic rings. The number of benzene rings is 2. The number of para-hydroxylation sites is 1. The Kier molecular flexibility index (Phi) is 6.89. The predicted octanol–water partition coefficient (Wildman–Crippen LogP) is 3.65. The van der Waals surface area contributed by atoms with Crippen molar-refractivity contribution in [2.24, 2.45) is 7.05 Å². The van der Waals surface area contributed by atoms with Gasteiger partial charge in [-0.25, -0.2) is 0 Å². The fraction of sp³-hybridized carbons (Fsp3) is 0.273. The first-order chi connectivity index (χ1) is 14.4. The van der Waals surface area contributed by atoms with Crippen LogP contribution in [0.25, 0.3) is 0 Å². The van der Waals surface area contributed by atoms with E-state index in [9.17, 15) is 9.59 Å². The number of carbonyl (C=O) groups excluding carboxylic acids is 2. The number of carbonyl (C=O) groups is 2.